The molecule has 1 aliphatic rings. The SMILES string of the molecule is O=C(NC1(CBr)CCCCC1)c1ccc2ncccc2c1. The van der Waals surface area contributed by atoms with Crippen LogP contribution in [-0.2, 0) is 0 Å². The zero-order chi connectivity index (χ0) is 14.7. The molecule has 0 aliphatic heterocycles. The van der Waals surface area contributed by atoms with E-state index in [0.29, 0.717) is 5.56 Å². The standard InChI is InChI=1S/C17H19BrN2O/c18-12-17(8-2-1-3-9-17)20-16(21)14-6-7-15-13(11-14)5-4-10-19-15/h4-7,10-11H,1-3,8-9,12H2,(H,20,21). The van der Waals surface area contributed by atoms with E-state index in [-0.39, 0.29) is 11.4 Å². The van der Waals surface area contributed by atoms with Crippen LogP contribution in [0.4, 0.5) is 0 Å². The molecule has 0 radical (unpaired) electrons. The number of hydrogen-bond acceptors (Lipinski definition) is 2. The predicted molar refractivity (Wildman–Crippen MR) is 88.8 cm³/mol. The highest BCUT2D eigenvalue weighted by atomic mass is 79.9. The van der Waals surface area contributed by atoms with Gasteiger partial charge in [-0.2, -0.15) is 0 Å². The maximum Gasteiger partial charge on any atom is 0.251 e. The summed E-state index contributed by atoms with van der Waals surface area (Å²) in [5.41, 5.74) is 1.54. The van der Waals surface area contributed by atoms with Crippen LogP contribution >= 0.6 is 15.9 Å². The second-order valence-corrected chi connectivity index (χ2v) is 6.40. The number of carbonyl (C=O) groups is 1. The minimum absolute atomic E-state index is 0.0158. The van der Waals surface area contributed by atoms with E-state index in [4.69, 9.17) is 0 Å². The van der Waals surface area contributed by atoms with Crippen molar-refractivity contribution in [3.05, 3.63) is 42.1 Å². The summed E-state index contributed by atoms with van der Waals surface area (Å²) in [6.07, 6.45) is 7.52. The van der Waals surface area contributed by atoms with Gasteiger partial charge in [0.15, 0.2) is 0 Å². The van der Waals surface area contributed by atoms with Gasteiger partial charge in [0.25, 0.3) is 5.91 Å². The molecule has 1 saturated carbocycles. The van der Waals surface area contributed by atoms with E-state index in [1.54, 1.807) is 6.20 Å². The third kappa shape index (κ3) is 3.10. The highest BCUT2D eigenvalue weighted by Gasteiger charge is 2.32. The summed E-state index contributed by atoms with van der Waals surface area (Å²) in [4.78, 5) is 16.9. The molecular formula is C17H19BrN2O. The summed E-state index contributed by atoms with van der Waals surface area (Å²) in [5, 5.41) is 5.08. The van der Waals surface area contributed by atoms with Crippen molar-refractivity contribution >= 4 is 32.7 Å². The molecule has 0 spiro atoms. The van der Waals surface area contributed by atoms with E-state index in [1.807, 2.05) is 30.3 Å². The van der Waals surface area contributed by atoms with Gasteiger partial charge in [-0.25, -0.2) is 0 Å². The quantitative estimate of drug-likeness (QED) is 0.851. The fraction of sp³-hybridized carbons (Fsp3) is 0.412. The molecule has 110 valence electrons. The Morgan fingerprint density at radius 2 is 2.05 bits per heavy atom. The van der Waals surface area contributed by atoms with Gasteiger partial charge < -0.3 is 5.32 Å². The molecule has 1 aliphatic carbocycles. The molecule has 1 heterocycles. The number of rotatable bonds is 3. The molecule has 1 amide bonds. The summed E-state index contributed by atoms with van der Waals surface area (Å²) in [5.74, 6) is 0.0158. The van der Waals surface area contributed by atoms with Gasteiger partial charge >= 0.3 is 0 Å². The molecule has 1 aromatic heterocycles. The Balaban J connectivity index is 1.82. The lowest BCUT2D eigenvalue weighted by molar-refractivity contribution is 0.0886. The third-order valence-corrected chi connectivity index (χ3v) is 5.38. The van der Waals surface area contributed by atoms with Crippen molar-refractivity contribution < 1.29 is 4.79 Å². The number of benzene rings is 1. The number of fused-ring (bicyclic) bond motifs is 1. The number of hydrogen-bond donors (Lipinski definition) is 1. The first kappa shape index (κ1) is 14.5. The Bertz CT molecular complexity index is 650. The first-order valence-corrected chi connectivity index (χ1v) is 8.58. The van der Waals surface area contributed by atoms with Crippen molar-refractivity contribution in [3.8, 4) is 0 Å². The van der Waals surface area contributed by atoms with Gasteiger partial charge in [0.05, 0.1) is 11.1 Å². The van der Waals surface area contributed by atoms with Crippen LogP contribution in [0.25, 0.3) is 10.9 Å². The van der Waals surface area contributed by atoms with Crippen molar-refractivity contribution in [2.75, 3.05) is 5.33 Å². The maximum absolute atomic E-state index is 12.6. The summed E-state index contributed by atoms with van der Waals surface area (Å²) < 4.78 is 0. The van der Waals surface area contributed by atoms with Crippen molar-refractivity contribution in [3.63, 3.8) is 0 Å². The second kappa shape index (κ2) is 6.14. The van der Waals surface area contributed by atoms with Crippen LogP contribution in [0, 0.1) is 0 Å². The van der Waals surface area contributed by atoms with Crippen molar-refractivity contribution in [1.29, 1.82) is 0 Å². The van der Waals surface area contributed by atoms with Crippen molar-refractivity contribution in [2.45, 2.75) is 37.6 Å². The van der Waals surface area contributed by atoms with Crippen molar-refractivity contribution in [1.82, 2.24) is 10.3 Å². The minimum atomic E-state index is -0.0841. The van der Waals surface area contributed by atoms with E-state index >= 15 is 0 Å². The zero-order valence-corrected chi connectivity index (χ0v) is 13.5. The first-order chi connectivity index (χ1) is 10.2. The Labute approximate surface area is 133 Å². The highest BCUT2D eigenvalue weighted by molar-refractivity contribution is 9.09. The number of nitrogens with zero attached hydrogens (tertiary/aromatic N) is 1. The lowest BCUT2D eigenvalue weighted by Gasteiger charge is -2.36. The fourth-order valence-electron chi connectivity index (χ4n) is 3.05. The summed E-state index contributed by atoms with van der Waals surface area (Å²) >= 11 is 3.58. The van der Waals surface area contributed by atoms with Crippen LogP contribution in [-0.4, -0.2) is 21.8 Å². The van der Waals surface area contributed by atoms with E-state index in [9.17, 15) is 4.79 Å². The molecule has 0 unspecified atom stereocenters. The fourth-order valence-corrected chi connectivity index (χ4v) is 3.75. The monoisotopic (exact) mass is 346 g/mol. The molecule has 1 fully saturated rings. The molecule has 3 nitrogen and oxygen atoms in total. The molecule has 0 saturated heterocycles. The number of pyridine rings is 1. The van der Waals surface area contributed by atoms with E-state index in [1.165, 1.54) is 19.3 Å². The van der Waals surface area contributed by atoms with Gasteiger partial charge in [0.2, 0.25) is 0 Å². The molecule has 1 aromatic carbocycles. The van der Waals surface area contributed by atoms with Gasteiger partial charge in [-0.05, 0) is 37.1 Å². The normalized spacial score (nSPS) is 17.6. The lowest BCUT2D eigenvalue weighted by atomic mass is 9.83. The molecule has 0 atom stereocenters. The van der Waals surface area contributed by atoms with Gasteiger partial charge in [-0.1, -0.05) is 41.3 Å². The number of carbonyl (C=O) groups excluding carboxylic acids is 1. The molecule has 0 bridgehead atoms. The first-order valence-electron chi connectivity index (χ1n) is 7.46. The number of aromatic nitrogens is 1. The van der Waals surface area contributed by atoms with E-state index in [0.717, 1.165) is 29.1 Å². The topological polar surface area (TPSA) is 42.0 Å². The average Bonchev–Trinajstić information content (AvgIpc) is 2.55. The zero-order valence-electron chi connectivity index (χ0n) is 11.9. The molecule has 21 heavy (non-hydrogen) atoms. The molecule has 1 N–H and O–H groups in total. The maximum atomic E-state index is 12.6. The van der Waals surface area contributed by atoms with Gasteiger partial charge in [0.1, 0.15) is 0 Å². The van der Waals surface area contributed by atoms with Crippen LogP contribution in [0.15, 0.2) is 36.5 Å². The lowest BCUT2D eigenvalue weighted by Crippen LogP contribution is -2.51. The van der Waals surface area contributed by atoms with Gasteiger partial charge in [0, 0.05) is 22.5 Å². The van der Waals surface area contributed by atoms with Crippen LogP contribution in [0.1, 0.15) is 42.5 Å². The van der Waals surface area contributed by atoms with E-state index < -0.39 is 0 Å². The molecule has 2 aromatic rings. The Kier molecular flexibility index (Phi) is 4.24. The Morgan fingerprint density at radius 1 is 1.24 bits per heavy atom. The average molecular weight is 347 g/mol. The minimum Gasteiger partial charge on any atom is -0.346 e. The Morgan fingerprint density at radius 3 is 2.81 bits per heavy atom. The molecule has 3 rings (SSSR count). The highest BCUT2D eigenvalue weighted by Crippen LogP contribution is 2.30. The van der Waals surface area contributed by atoms with Crippen LogP contribution < -0.4 is 5.32 Å². The molecule has 4 heteroatoms. The third-order valence-electron chi connectivity index (χ3n) is 4.31. The second-order valence-electron chi connectivity index (χ2n) is 5.84. The van der Waals surface area contributed by atoms with Gasteiger partial charge in [-0.15, -0.1) is 0 Å². The van der Waals surface area contributed by atoms with Gasteiger partial charge in [-0.3, -0.25) is 9.78 Å². The molecular weight excluding hydrogens is 328 g/mol. The van der Waals surface area contributed by atoms with E-state index in [2.05, 4.69) is 26.2 Å². The number of alkyl halides is 1. The summed E-state index contributed by atoms with van der Waals surface area (Å²) in [6, 6.07) is 9.56. The van der Waals surface area contributed by atoms with Crippen LogP contribution in [0.5, 0.6) is 0 Å². The summed E-state index contributed by atoms with van der Waals surface area (Å²) in [7, 11) is 0. The number of amides is 1. The van der Waals surface area contributed by atoms with Crippen LogP contribution in [0.2, 0.25) is 0 Å². The number of nitrogens with one attached hydrogen (secondary N) is 1. The van der Waals surface area contributed by atoms with Crippen molar-refractivity contribution in [2.24, 2.45) is 0 Å². The smallest absolute Gasteiger partial charge is 0.251 e. The predicted octanol–water partition coefficient (Wildman–Crippen LogP) is 4.06. The summed E-state index contributed by atoms with van der Waals surface area (Å²) in [6.45, 7) is 0. The Hall–Kier alpha value is -1.42. The largest absolute Gasteiger partial charge is 0.346 e. The van der Waals surface area contributed by atoms with Crippen LogP contribution in [0.3, 0.4) is 0 Å². The number of halogens is 1.